The SMILES string of the molecule is CCONC(=O)c1cnc(Cl)cc1Nc1ccc(F)cc1N(C)S(=O)(=O)C1CC1. The third-order valence-electron chi connectivity index (χ3n) is 4.32. The Kier molecular flexibility index (Phi) is 6.25. The van der Waals surface area contributed by atoms with Crippen molar-refractivity contribution < 1.29 is 22.4 Å². The molecule has 3 rings (SSSR count). The molecule has 0 bridgehead atoms. The molecule has 0 spiro atoms. The Balaban J connectivity index is 1.99. The zero-order valence-electron chi connectivity index (χ0n) is 15.8. The molecule has 2 N–H and O–H groups in total. The van der Waals surface area contributed by atoms with Crippen LogP contribution in [0.1, 0.15) is 30.1 Å². The van der Waals surface area contributed by atoms with Crippen molar-refractivity contribution in [2.45, 2.75) is 25.0 Å². The molecule has 11 heteroatoms. The molecule has 2 aromatic rings. The topological polar surface area (TPSA) is 101 Å². The van der Waals surface area contributed by atoms with Crippen LogP contribution in [0.25, 0.3) is 0 Å². The first kappa shape index (κ1) is 21.3. The van der Waals surface area contributed by atoms with Gasteiger partial charge >= 0.3 is 0 Å². The fourth-order valence-corrected chi connectivity index (χ4v) is 4.41. The molecule has 29 heavy (non-hydrogen) atoms. The lowest BCUT2D eigenvalue weighted by Crippen LogP contribution is -2.30. The highest BCUT2D eigenvalue weighted by molar-refractivity contribution is 7.93. The van der Waals surface area contributed by atoms with E-state index in [1.54, 1.807) is 6.92 Å². The van der Waals surface area contributed by atoms with Gasteiger partial charge in [0.25, 0.3) is 5.91 Å². The van der Waals surface area contributed by atoms with Crippen LogP contribution in [0.4, 0.5) is 21.5 Å². The van der Waals surface area contributed by atoms with Crippen molar-refractivity contribution in [3.63, 3.8) is 0 Å². The van der Waals surface area contributed by atoms with Gasteiger partial charge in [0.2, 0.25) is 10.0 Å². The largest absolute Gasteiger partial charge is 0.353 e. The fraction of sp³-hybridized carbons (Fsp3) is 0.333. The van der Waals surface area contributed by atoms with Gasteiger partial charge in [-0.3, -0.25) is 13.9 Å². The second-order valence-electron chi connectivity index (χ2n) is 6.42. The molecule has 156 valence electrons. The molecule has 1 saturated carbocycles. The second-order valence-corrected chi connectivity index (χ2v) is 9.05. The zero-order chi connectivity index (χ0) is 21.2. The molecule has 1 aromatic heterocycles. The van der Waals surface area contributed by atoms with E-state index in [4.69, 9.17) is 16.4 Å². The number of anilines is 3. The van der Waals surface area contributed by atoms with Crippen molar-refractivity contribution in [1.29, 1.82) is 0 Å². The van der Waals surface area contributed by atoms with E-state index in [-0.39, 0.29) is 34.4 Å². The first-order chi connectivity index (χ1) is 13.7. The minimum Gasteiger partial charge on any atom is -0.353 e. The molecule has 8 nitrogen and oxygen atoms in total. The molecule has 1 aliphatic rings. The minimum absolute atomic E-state index is 0.112. The van der Waals surface area contributed by atoms with Crippen molar-refractivity contribution >= 4 is 44.6 Å². The Morgan fingerprint density at radius 1 is 1.34 bits per heavy atom. The fourth-order valence-electron chi connectivity index (χ4n) is 2.65. The van der Waals surface area contributed by atoms with Gasteiger partial charge in [-0.2, -0.15) is 0 Å². The molecule has 1 fully saturated rings. The van der Waals surface area contributed by atoms with Gasteiger partial charge in [-0.1, -0.05) is 11.6 Å². The molecule has 0 aliphatic heterocycles. The molecule has 0 unspecified atom stereocenters. The number of hydrogen-bond donors (Lipinski definition) is 2. The Morgan fingerprint density at radius 3 is 2.72 bits per heavy atom. The summed E-state index contributed by atoms with van der Waals surface area (Å²) < 4.78 is 40.2. The summed E-state index contributed by atoms with van der Waals surface area (Å²) >= 11 is 5.96. The second kappa shape index (κ2) is 8.52. The minimum atomic E-state index is -3.61. The van der Waals surface area contributed by atoms with E-state index in [1.807, 2.05) is 0 Å². The van der Waals surface area contributed by atoms with Gasteiger partial charge in [-0.25, -0.2) is 23.3 Å². The van der Waals surface area contributed by atoms with E-state index >= 15 is 0 Å². The molecular formula is C18H20ClFN4O4S. The van der Waals surface area contributed by atoms with Crippen LogP contribution in [0.2, 0.25) is 5.15 Å². The zero-order valence-corrected chi connectivity index (χ0v) is 17.3. The van der Waals surface area contributed by atoms with E-state index in [2.05, 4.69) is 15.8 Å². The summed E-state index contributed by atoms with van der Waals surface area (Å²) in [6, 6.07) is 5.10. The number of rotatable bonds is 8. The molecular weight excluding hydrogens is 423 g/mol. The number of nitrogens with one attached hydrogen (secondary N) is 2. The number of sulfonamides is 1. The number of amides is 1. The van der Waals surface area contributed by atoms with E-state index < -0.39 is 27.0 Å². The Morgan fingerprint density at radius 2 is 2.07 bits per heavy atom. The summed E-state index contributed by atoms with van der Waals surface area (Å²) in [7, 11) is -2.24. The molecule has 1 heterocycles. The summed E-state index contributed by atoms with van der Waals surface area (Å²) in [6.45, 7) is 1.97. The lowest BCUT2D eigenvalue weighted by Gasteiger charge is -2.23. The Bertz CT molecular complexity index is 1030. The van der Waals surface area contributed by atoms with E-state index in [0.29, 0.717) is 12.8 Å². The van der Waals surface area contributed by atoms with Crippen LogP contribution in [0.15, 0.2) is 30.5 Å². The Labute approximate surface area is 173 Å². The number of aromatic nitrogens is 1. The molecule has 1 amide bonds. The van der Waals surface area contributed by atoms with Gasteiger partial charge in [0.05, 0.1) is 34.5 Å². The summed E-state index contributed by atoms with van der Waals surface area (Å²) in [4.78, 5) is 21.1. The van der Waals surface area contributed by atoms with Gasteiger partial charge in [-0.15, -0.1) is 0 Å². The van der Waals surface area contributed by atoms with Crippen molar-refractivity contribution in [2.24, 2.45) is 0 Å². The van der Waals surface area contributed by atoms with Crippen LogP contribution in [-0.4, -0.2) is 38.2 Å². The first-order valence-electron chi connectivity index (χ1n) is 8.86. The van der Waals surface area contributed by atoms with Crippen molar-refractivity contribution in [3.05, 3.63) is 47.0 Å². The van der Waals surface area contributed by atoms with Gasteiger partial charge in [-0.05, 0) is 38.0 Å². The predicted octanol–water partition coefficient (Wildman–Crippen LogP) is 3.23. The lowest BCUT2D eigenvalue weighted by atomic mass is 10.2. The van der Waals surface area contributed by atoms with Gasteiger partial charge in [0.15, 0.2) is 0 Å². The monoisotopic (exact) mass is 442 g/mol. The summed E-state index contributed by atoms with van der Waals surface area (Å²) in [5.74, 6) is -1.16. The van der Waals surface area contributed by atoms with Crippen LogP contribution < -0.4 is 15.1 Å². The average Bonchev–Trinajstić information content (AvgIpc) is 3.53. The summed E-state index contributed by atoms with van der Waals surface area (Å²) in [6.07, 6.45) is 2.41. The summed E-state index contributed by atoms with van der Waals surface area (Å²) in [5, 5.41) is 2.61. The number of hydroxylamine groups is 1. The van der Waals surface area contributed by atoms with Crippen molar-refractivity contribution in [2.75, 3.05) is 23.3 Å². The van der Waals surface area contributed by atoms with Crippen LogP contribution in [0, 0.1) is 5.82 Å². The third-order valence-corrected chi connectivity index (χ3v) is 6.80. The third kappa shape index (κ3) is 4.77. The van der Waals surface area contributed by atoms with E-state index in [1.165, 1.54) is 31.4 Å². The number of nitrogens with zero attached hydrogens (tertiary/aromatic N) is 2. The Hall–Kier alpha value is -2.43. The molecule has 0 radical (unpaired) electrons. The normalized spacial score (nSPS) is 13.8. The average molecular weight is 443 g/mol. The number of benzene rings is 1. The number of carbonyl (C=O) groups excluding carboxylic acids is 1. The highest BCUT2D eigenvalue weighted by atomic mass is 35.5. The maximum atomic E-state index is 13.9. The summed E-state index contributed by atoms with van der Waals surface area (Å²) in [5.41, 5.74) is 3.03. The molecule has 0 atom stereocenters. The van der Waals surface area contributed by atoms with Crippen molar-refractivity contribution in [1.82, 2.24) is 10.5 Å². The number of halogens is 2. The van der Waals surface area contributed by atoms with Crippen LogP contribution in [-0.2, 0) is 14.9 Å². The highest BCUT2D eigenvalue weighted by Crippen LogP contribution is 2.37. The maximum absolute atomic E-state index is 13.9. The number of hydrogen-bond acceptors (Lipinski definition) is 6. The van der Waals surface area contributed by atoms with Crippen LogP contribution in [0.3, 0.4) is 0 Å². The van der Waals surface area contributed by atoms with E-state index in [9.17, 15) is 17.6 Å². The smallest absolute Gasteiger partial charge is 0.278 e. The lowest BCUT2D eigenvalue weighted by molar-refractivity contribution is 0.0365. The van der Waals surface area contributed by atoms with Gasteiger partial charge in [0, 0.05) is 19.3 Å². The number of carbonyl (C=O) groups is 1. The molecule has 1 aromatic carbocycles. The predicted molar refractivity (Wildman–Crippen MR) is 108 cm³/mol. The van der Waals surface area contributed by atoms with Crippen molar-refractivity contribution in [3.8, 4) is 0 Å². The van der Waals surface area contributed by atoms with E-state index in [0.717, 1.165) is 10.4 Å². The maximum Gasteiger partial charge on any atom is 0.278 e. The first-order valence-corrected chi connectivity index (χ1v) is 10.7. The quantitative estimate of drug-likeness (QED) is 0.481. The standard InChI is InChI=1S/C18H20ClFN4O4S/c1-3-28-23-18(25)13-10-21-17(19)9-15(13)22-14-7-4-11(20)8-16(14)24(2)29(26,27)12-5-6-12/h4,7-10,12H,3,5-6H2,1-2H3,(H,21,22)(H,23,25). The molecule has 0 saturated heterocycles. The van der Waals surface area contributed by atoms with Crippen LogP contribution >= 0.6 is 11.6 Å². The van der Waals surface area contributed by atoms with Crippen LogP contribution in [0.5, 0.6) is 0 Å². The van der Waals surface area contributed by atoms with Gasteiger partial charge < -0.3 is 5.32 Å². The molecule has 1 aliphatic carbocycles. The highest BCUT2D eigenvalue weighted by Gasteiger charge is 2.39. The van der Waals surface area contributed by atoms with Gasteiger partial charge in [0.1, 0.15) is 11.0 Å². The number of pyridine rings is 1.